The van der Waals surface area contributed by atoms with Gasteiger partial charge in [0.05, 0.1) is 39.3 Å². The zero-order chi connectivity index (χ0) is 27.8. The number of benzene rings is 3. The first-order valence-electron chi connectivity index (χ1n) is 13.5. The van der Waals surface area contributed by atoms with Gasteiger partial charge in [-0.1, -0.05) is 91.0 Å². The minimum atomic E-state index is -3.89. The molecule has 40 heavy (non-hydrogen) atoms. The van der Waals surface area contributed by atoms with Gasteiger partial charge in [-0.25, -0.2) is 0 Å². The van der Waals surface area contributed by atoms with Crippen LogP contribution < -0.4 is 0 Å². The molecule has 3 aromatic carbocycles. The average molecular weight is 569 g/mol. The summed E-state index contributed by atoms with van der Waals surface area (Å²) in [6.07, 6.45) is -1.03. The molecular formula is C31H36O8S. The molecule has 2 aliphatic rings. The van der Waals surface area contributed by atoms with Crippen LogP contribution in [-0.4, -0.2) is 58.1 Å². The third-order valence-corrected chi connectivity index (χ3v) is 7.59. The van der Waals surface area contributed by atoms with E-state index in [-0.39, 0.29) is 19.8 Å². The van der Waals surface area contributed by atoms with E-state index >= 15 is 0 Å². The van der Waals surface area contributed by atoms with E-state index in [0.717, 1.165) is 22.9 Å². The highest BCUT2D eigenvalue weighted by molar-refractivity contribution is 7.86. The number of rotatable bonds is 12. The average Bonchev–Trinajstić information content (AvgIpc) is 3.43. The van der Waals surface area contributed by atoms with Crippen LogP contribution in [0.15, 0.2) is 91.0 Å². The Hall–Kier alpha value is -2.63. The Labute approximate surface area is 236 Å². The molecule has 214 valence electrons. The summed E-state index contributed by atoms with van der Waals surface area (Å²) < 4.78 is 62.5. The molecule has 0 aromatic heterocycles. The molecule has 5 atom stereocenters. The maximum absolute atomic E-state index is 12.5. The second-order valence-electron chi connectivity index (χ2n) is 10.2. The highest BCUT2D eigenvalue weighted by Crippen LogP contribution is 2.43. The van der Waals surface area contributed by atoms with Crippen LogP contribution in [0.4, 0.5) is 0 Å². The van der Waals surface area contributed by atoms with Crippen molar-refractivity contribution in [1.82, 2.24) is 0 Å². The molecule has 0 bridgehead atoms. The largest absolute Gasteiger partial charge is 0.374 e. The lowest BCUT2D eigenvalue weighted by molar-refractivity contribution is -0.356. The van der Waals surface area contributed by atoms with Gasteiger partial charge in [0.15, 0.2) is 11.9 Å². The lowest BCUT2D eigenvalue weighted by atomic mass is 9.90. The van der Waals surface area contributed by atoms with Crippen LogP contribution in [0, 0.1) is 0 Å². The summed E-state index contributed by atoms with van der Waals surface area (Å²) in [6.45, 7) is 1.50. The summed E-state index contributed by atoms with van der Waals surface area (Å²) in [5.74, 6) is -1.31. The van der Waals surface area contributed by atoms with Crippen molar-refractivity contribution in [2.45, 2.75) is 62.9 Å². The monoisotopic (exact) mass is 568 g/mol. The predicted molar refractivity (Wildman–Crippen MR) is 149 cm³/mol. The van der Waals surface area contributed by atoms with Crippen LogP contribution in [0.1, 0.15) is 29.5 Å². The van der Waals surface area contributed by atoms with Crippen LogP contribution >= 0.6 is 0 Å². The standard InChI is InChI=1S/C31H36O8S/c1-40(32,33)39-30-29(36-22-26-16-9-4-10-17-26)28(35-21-25-14-7-3-8-15-25)27(38-31(30)18-11-19-37-31)23-34-20-24-12-5-2-6-13-24/h2-10,12-17,27-30H,11,18-23H2,1H3/t27-,28-,29+,30-,31-/m1/s1. The molecule has 5 rings (SSSR count). The smallest absolute Gasteiger partial charge is 0.264 e. The van der Waals surface area contributed by atoms with E-state index in [2.05, 4.69) is 0 Å². The van der Waals surface area contributed by atoms with E-state index in [1.165, 1.54) is 0 Å². The molecule has 9 heteroatoms. The van der Waals surface area contributed by atoms with Crippen molar-refractivity contribution in [2.75, 3.05) is 19.5 Å². The van der Waals surface area contributed by atoms with Crippen molar-refractivity contribution in [3.05, 3.63) is 108 Å². The highest BCUT2D eigenvalue weighted by atomic mass is 32.2. The van der Waals surface area contributed by atoms with Crippen LogP contribution in [0.5, 0.6) is 0 Å². The zero-order valence-corrected chi connectivity index (χ0v) is 23.4. The van der Waals surface area contributed by atoms with Crippen LogP contribution in [0.25, 0.3) is 0 Å². The molecule has 1 spiro atoms. The first kappa shape index (κ1) is 28.9. The lowest BCUT2D eigenvalue weighted by Gasteiger charge is -2.50. The molecule has 2 heterocycles. The molecule has 8 nitrogen and oxygen atoms in total. The molecule has 2 aliphatic heterocycles. The van der Waals surface area contributed by atoms with E-state index in [4.69, 9.17) is 27.9 Å². The van der Waals surface area contributed by atoms with E-state index in [1.807, 2.05) is 91.0 Å². The number of hydrogen-bond acceptors (Lipinski definition) is 8. The summed E-state index contributed by atoms with van der Waals surface area (Å²) in [7, 11) is -3.89. The molecule has 3 aromatic rings. The summed E-state index contributed by atoms with van der Waals surface area (Å²) in [4.78, 5) is 0. The van der Waals surface area contributed by atoms with Crippen molar-refractivity contribution in [3.8, 4) is 0 Å². The number of ether oxygens (including phenoxy) is 5. The van der Waals surface area contributed by atoms with E-state index in [1.54, 1.807) is 0 Å². The fraction of sp³-hybridized carbons (Fsp3) is 0.419. The van der Waals surface area contributed by atoms with E-state index < -0.39 is 40.3 Å². The third kappa shape index (κ3) is 7.55. The maximum atomic E-state index is 12.5. The Bertz CT molecular complexity index is 1280. The van der Waals surface area contributed by atoms with Crippen LogP contribution in [0.2, 0.25) is 0 Å². The quantitative estimate of drug-likeness (QED) is 0.293. The lowest BCUT2D eigenvalue weighted by Crippen LogP contribution is -2.67. The first-order chi connectivity index (χ1) is 19.4. The number of hydrogen-bond donors (Lipinski definition) is 0. The summed E-state index contributed by atoms with van der Waals surface area (Å²) in [5.41, 5.74) is 2.93. The molecule has 2 fully saturated rings. The Kier molecular flexibility index (Phi) is 9.64. The minimum Gasteiger partial charge on any atom is -0.374 e. The van der Waals surface area contributed by atoms with Gasteiger partial charge in [-0.05, 0) is 23.1 Å². The van der Waals surface area contributed by atoms with Gasteiger partial charge in [-0.15, -0.1) is 0 Å². The second kappa shape index (κ2) is 13.4. The molecule has 0 amide bonds. The minimum absolute atomic E-state index is 0.191. The van der Waals surface area contributed by atoms with Gasteiger partial charge in [0.2, 0.25) is 0 Å². The Morgan fingerprint density at radius 2 is 1.30 bits per heavy atom. The Morgan fingerprint density at radius 3 is 1.80 bits per heavy atom. The van der Waals surface area contributed by atoms with Crippen molar-refractivity contribution < 1.29 is 36.3 Å². The molecular weight excluding hydrogens is 532 g/mol. The fourth-order valence-electron chi connectivity index (χ4n) is 5.21. The van der Waals surface area contributed by atoms with Crippen molar-refractivity contribution in [1.29, 1.82) is 0 Å². The second-order valence-corrected chi connectivity index (χ2v) is 11.8. The van der Waals surface area contributed by atoms with Crippen molar-refractivity contribution >= 4 is 10.1 Å². The molecule has 0 radical (unpaired) electrons. The Morgan fingerprint density at radius 1 is 0.775 bits per heavy atom. The van der Waals surface area contributed by atoms with Gasteiger partial charge in [-0.2, -0.15) is 8.42 Å². The van der Waals surface area contributed by atoms with Gasteiger partial charge in [-0.3, -0.25) is 4.18 Å². The molecule has 0 unspecified atom stereocenters. The van der Waals surface area contributed by atoms with Gasteiger partial charge in [0.1, 0.15) is 18.3 Å². The molecule has 2 saturated heterocycles. The normalized spacial score (nSPS) is 26.7. The molecule has 0 N–H and O–H groups in total. The summed E-state index contributed by atoms with van der Waals surface area (Å²) in [6, 6.07) is 29.3. The van der Waals surface area contributed by atoms with Crippen LogP contribution in [0.3, 0.4) is 0 Å². The SMILES string of the molecule is CS(=O)(=O)O[C@@H]1[C@@H](OCc2ccccc2)[C@H](OCc2ccccc2)[C@@H](COCc2ccccc2)O[C@]12CCCO2. The van der Waals surface area contributed by atoms with Crippen LogP contribution in [-0.2, 0) is 57.8 Å². The first-order valence-corrected chi connectivity index (χ1v) is 15.4. The van der Waals surface area contributed by atoms with E-state index in [0.29, 0.717) is 26.1 Å². The topological polar surface area (TPSA) is 89.5 Å². The van der Waals surface area contributed by atoms with Crippen molar-refractivity contribution in [3.63, 3.8) is 0 Å². The summed E-state index contributed by atoms with van der Waals surface area (Å²) >= 11 is 0. The Balaban J connectivity index is 1.45. The maximum Gasteiger partial charge on any atom is 0.264 e. The third-order valence-electron chi connectivity index (χ3n) is 7.03. The van der Waals surface area contributed by atoms with Gasteiger partial charge in [0.25, 0.3) is 10.1 Å². The van der Waals surface area contributed by atoms with Gasteiger partial charge >= 0.3 is 0 Å². The van der Waals surface area contributed by atoms with E-state index in [9.17, 15) is 8.42 Å². The molecule has 0 aliphatic carbocycles. The summed E-state index contributed by atoms with van der Waals surface area (Å²) in [5, 5.41) is 0. The van der Waals surface area contributed by atoms with Gasteiger partial charge < -0.3 is 23.7 Å². The van der Waals surface area contributed by atoms with Crippen molar-refractivity contribution in [2.24, 2.45) is 0 Å². The van der Waals surface area contributed by atoms with Gasteiger partial charge in [0, 0.05) is 6.42 Å². The predicted octanol–water partition coefficient (Wildman–Crippen LogP) is 4.62. The zero-order valence-electron chi connectivity index (χ0n) is 22.6. The highest BCUT2D eigenvalue weighted by Gasteiger charge is 2.60. The fourth-order valence-corrected chi connectivity index (χ4v) is 5.84. The molecule has 0 saturated carbocycles.